The Morgan fingerprint density at radius 1 is 0.571 bits per heavy atom. The second-order valence-electron chi connectivity index (χ2n) is 5.00. The van der Waals surface area contributed by atoms with Crippen LogP contribution in [0.1, 0.15) is 0 Å². The molecule has 0 bridgehead atoms. The van der Waals surface area contributed by atoms with E-state index in [0.717, 1.165) is 0 Å². The van der Waals surface area contributed by atoms with Crippen molar-refractivity contribution in [3.05, 3.63) is 0 Å². The molecular formula is B20V. The standard InChI is InChI=1S/B20.V/c1-11-17(10)19(20(15(6)7)16(8)9)12-18(13(2)3)14(4)5;. The Labute approximate surface area is 160 Å². The molecule has 0 aliphatic heterocycles. The summed E-state index contributed by atoms with van der Waals surface area (Å²) in [6.45, 7) is 0. The summed E-state index contributed by atoms with van der Waals surface area (Å²) in [5.41, 5.74) is 0. The predicted octanol–water partition coefficient (Wildman–Crippen LogP) is -7.62. The van der Waals surface area contributed by atoms with Gasteiger partial charge >= 0.3 is 0 Å². The zero-order valence-corrected chi connectivity index (χ0v) is 13.4. The fourth-order valence-corrected chi connectivity index (χ4v) is 2.18. The first-order valence-electron chi connectivity index (χ1n) is 6.33. The summed E-state index contributed by atoms with van der Waals surface area (Å²) in [6.07, 6.45) is -5.26. The Bertz CT molecular complexity index is 226. The number of hydrogen-bond donors (Lipinski definition) is 0. The van der Waals surface area contributed by atoms with Crippen LogP contribution in [0, 0.1) is 0 Å². The Hall–Kier alpha value is 1.88. The van der Waals surface area contributed by atoms with Crippen LogP contribution in [0.2, 0.25) is 0 Å². The summed E-state index contributed by atoms with van der Waals surface area (Å²) >= 11 is 0. The molecule has 0 spiro atoms. The van der Waals surface area contributed by atoms with E-state index in [1.807, 2.05) is 0 Å². The van der Waals surface area contributed by atoms with Gasteiger partial charge in [-0.2, -0.15) is 0 Å². The van der Waals surface area contributed by atoms with E-state index in [1.54, 1.807) is 7.06 Å². The molecule has 0 N–H and O–H groups in total. The first kappa shape index (κ1) is 25.1. The summed E-state index contributed by atoms with van der Waals surface area (Å²) < 4.78 is 0. The molecule has 0 aromatic heterocycles. The normalized spacial score (nSPS) is 8.57. The minimum Gasteiger partial charge on any atom is 0 e. The minimum atomic E-state index is -0.800. The van der Waals surface area contributed by atoms with Crippen molar-refractivity contribution in [1.29, 1.82) is 0 Å². The molecule has 0 heterocycles. The Morgan fingerprint density at radius 3 is 1.19 bits per heavy atom. The van der Waals surface area contributed by atoms with Gasteiger partial charge in [-0.1, -0.05) is 0 Å². The summed E-state index contributed by atoms with van der Waals surface area (Å²) in [4.78, 5) is 0. The van der Waals surface area contributed by atoms with Crippen molar-refractivity contribution in [1.82, 2.24) is 0 Å². The molecule has 0 fully saturated rings. The van der Waals surface area contributed by atoms with Crippen LogP contribution in [-0.4, -0.2) is 143 Å². The average Bonchev–Trinajstić information content (AvgIpc) is 2.30. The third-order valence-electron chi connectivity index (χ3n) is 3.33. The van der Waals surface area contributed by atoms with E-state index < -0.39 is 51.1 Å². The van der Waals surface area contributed by atoms with Crippen molar-refractivity contribution in [3.8, 4) is 0 Å². The van der Waals surface area contributed by atoms with Crippen molar-refractivity contribution in [2.24, 2.45) is 0 Å². The summed E-state index contributed by atoms with van der Waals surface area (Å²) in [6, 6.07) is 0. The number of hydrogen-bond acceptors (Lipinski definition) is 0. The van der Waals surface area contributed by atoms with E-state index >= 15 is 0 Å². The van der Waals surface area contributed by atoms with Crippen LogP contribution in [-0.2, 0) is 18.6 Å². The smallest absolute Gasteiger partial charge is 0 e. The Morgan fingerprint density at radius 2 is 0.952 bits per heavy atom. The van der Waals surface area contributed by atoms with Crippen LogP contribution in [0.15, 0.2) is 0 Å². The molecule has 65 valence electrons. The van der Waals surface area contributed by atoms with Crippen molar-refractivity contribution in [3.63, 3.8) is 0 Å². The van der Waals surface area contributed by atoms with Gasteiger partial charge in [0, 0.05) is 161 Å². The maximum Gasteiger partial charge on any atom is 0 e. The molecule has 23 radical (unpaired) electrons. The van der Waals surface area contributed by atoms with Crippen LogP contribution >= 0.6 is 0 Å². The van der Waals surface area contributed by atoms with Gasteiger partial charge in [0.1, 0.15) is 0 Å². The molecule has 21 heteroatoms. The summed E-state index contributed by atoms with van der Waals surface area (Å²) in [5, 5.41) is 0. The summed E-state index contributed by atoms with van der Waals surface area (Å²) in [5.74, 6) is 0. The topological polar surface area (TPSA) is 0 Å². The van der Waals surface area contributed by atoms with Crippen LogP contribution in [0.5, 0.6) is 0 Å². The molecular weight excluding hydrogens is 267 g/mol. The van der Waals surface area contributed by atoms with Gasteiger partial charge in [-0.15, -0.1) is 0 Å². The second-order valence-corrected chi connectivity index (χ2v) is 5.00. The van der Waals surface area contributed by atoms with E-state index in [9.17, 15) is 0 Å². The first-order valence-corrected chi connectivity index (χ1v) is 6.33. The van der Waals surface area contributed by atoms with E-state index in [1.165, 1.54) is 7.06 Å². The Balaban J connectivity index is 0. The molecule has 0 amide bonds. The molecule has 0 nitrogen and oxygen atoms in total. The zero-order valence-electron chi connectivity index (χ0n) is 12.0. The minimum absolute atomic E-state index is 0. The third-order valence-corrected chi connectivity index (χ3v) is 3.33. The van der Waals surface area contributed by atoms with Gasteiger partial charge in [-0.05, 0) is 0 Å². The number of rotatable bonds is 9. The molecule has 0 atom stereocenters. The van der Waals surface area contributed by atoms with Crippen molar-refractivity contribution >= 4 is 143 Å². The second kappa shape index (κ2) is 12.3. The van der Waals surface area contributed by atoms with Crippen molar-refractivity contribution in [2.45, 2.75) is 0 Å². The van der Waals surface area contributed by atoms with Gasteiger partial charge in [-0.3, -0.25) is 0 Å². The van der Waals surface area contributed by atoms with Gasteiger partial charge in [0.25, 0.3) is 0 Å². The third kappa shape index (κ3) is 8.51. The van der Waals surface area contributed by atoms with Gasteiger partial charge in [-0.25, -0.2) is 0 Å². The van der Waals surface area contributed by atoms with Gasteiger partial charge < -0.3 is 0 Å². The molecule has 0 aliphatic carbocycles. The fourth-order valence-electron chi connectivity index (χ4n) is 2.18. The van der Waals surface area contributed by atoms with Crippen LogP contribution in [0.3, 0.4) is 0 Å². The fraction of sp³-hybridized carbons (Fsp3) is 0. The molecule has 0 rings (SSSR count). The molecule has 0 saturated heterocycles. The van der Waals surface area contributed by atoms with E-state index in [-0.39, 0.29) is 18.6 Å². The first-order chi connectivity index (χ1) is 9.13. The average molecular weight is 267 g/mol. The van der Waals surface area contributed by atoms with Crippen molar-refractivity contribution < 1.29 is 18.6 Å². The zero-order chi connectivity index (χ0) is 16.0. The molecule has 21 heavy (non-hydrogen) atoms. The Kier molecular flexibility index (Phi) is 14.7. The SMILES string of the molecule is [B][B]B([B])B([B]B(B([B])[B])B([B])[B])B(B([B])[B])B([B])[B].[V]. The van der Waals surface area contributed by atoms with Crippen LogP contribution in [0.4, 0.5) is 0 Å². The van der Waals surface area contributed by atoms with Crippen molar-refractivity contribution in [2.75, 3.05) is 0 Å². The largest absolute Gasteiger partial charge is 0 e. The summed E-state index contributed by atoms with van der Waals surface area (Å²) in [7, 11) is 59.9. The van der Waals surface area contributed by atoms with E-state index in [0.29, 0.717) is 0 Å². The molecule has 0 aromatic carbocycles. The van der Waals surface area contributed by atoms with Gasteiger partial charge in [0.05, 0.1) is 0 Å². The molecule has 0 aromatic rings. The van der Waals surface area contributed by atoms with Crippen LogP contribution < -0.4 is 0 Å². The molecule has 0 unspecified atom stereocenters. The molecule has 0 saturated carbocycles. The quantitative estimate of drug-likeness (QED) is 0.364. The van der Waals surface area contributed by atoms with E-state index in [2.05, 4.69) is 0 Å². The van der Waals surface area contributed by atoms with Gasteiger partial charge in [0.2, 0.25) is 0 Å². The maximum atomic E-state index is 5.94. The molecule has 0 aliphatic rings. The monoisotopic (exact) mass is 271 g/mol. The van der Waals surface area contributed by atoms with Gasteiger partial charge in [0.15, 0.2) is 0 Å². The maximum absolute atomic E-state index is 5.94. The van der Waals surface area contributed by atoms with Crippen LogP contribution in [0.25, 0.3) is 0 Å². The van der Waals surface area contributed by atoms with E-state index in [4.69, 9.17) is 77.4 Å². The predicted molar refractivity (Wildman–Crippen MR) is 115 cm³/mol.